The van der Waals surface area contributed by atoms with E-state index >= 15 is 0 Å². The first-order valence-electron chi connectivity index (χ1n) is 7.41. The first kappa shape index (κ1) is 18.6. The number of carbonyl (C=O) groups is 1. The number of amides is 1. The van der Waals surface area contributed by atoms with Crippen LogP contribution in [0.1, 0.15) is 25.3 Å². The highest BCUT2D eigenvalue weighted by Gasteiger charge is 2.29. The summed E-state index contributed by atoms with van der Waals surface area (Å²) in [5, 5.41) is 3.98. The second-order valence-corrected chi connectivity index (χ2v) is 10.2. The van der Waals surface area contributed by atoms with Crippen LogP contribution in [0.5, 0.6) is 0 Å². The molecular weight excluding hydrogens is 352 g/mol. The number of carbonyl (C=O) groups excluding carboxylic acids is 1. The van der Waals surface area contributed by atoms with Crippen molar-refractivity contribution in [3.63, 3.8) is 0 Å². The molecule has 0 bridgehead atoms. The average Bonchev–Trinajstić information content (AvgIpc) is 2.83. The lowest BCUT2D eigenvalue weighted by Crippen LogP contribution is -2.22. The highest BCUT2D eigenvalue weighted by Crippen LogP contribution is 2.21. The number of nitrogens with zero attached hydrogens (tertiary/aromatic N) is 1. The van der Waals surface area contributed by atoms with Gasteiger partial charge in [-0.2, -0.15) is 5.10 Å². The van der Waals surface area contributed by atoms with E-state index in [1.807, 2.05) is 0 Å². The number of nitrogens with one attached hydrogen (secondary N) is 1. The second kappa shape index (κ2) is 7.02. The van der Waals surface area contributed by atoms with Gasteiger partial charge >= 0.3 is 0 Å². The Hall–Kier alpha value is -1.74. The maximum absolute atomic E-state index is 11.8. The van der Waals surface area contributed by atoms with Gasteiger partial charge in [0, 0.05) is 12.7 Å². The lowest BCUT2D eigenvalue weighted by atomic mass is 10.1. The van der Waals surface area contributed by atoms with Crippen LogP contribution in [0.25, 0.3) is 0 Å². The molecule has 1 aromatic rings. The third-order valence-electron chi connectivity index (χ3n) is 3.85. The van der Waals surface area contributed by atoms with E-state index in [1.54, 1.807) is 19.1 Å². The zero-order valence-electron chi connectivity index (χ0n) is 13.5. The zero-order valence-corrected chi connectivity index (χ0v) is 15.2. The van der Waals surface area contributed by atoms with Crippen LogP contribution in [-0.4, -0.2) is 46.2 Å². The van der Waals surface area contributed by atoms with Crippen molar-refractivity contribution >= 4 is 31.3 Å². The molecule has 2 rings (SSSR count). The summed E-state index contributed by atoms with van der Waals surface area (Å²) in [7, 11) is -6.25. The molecular formula is C15H20N2O5S2. The fourth-order valence-electron chi connectivity index (χ4n) is 2.49. The van der Waals surface area contributed by atoms with Crippen LogP contribution < -0.4 is 5.43 Å². The van der Waals surface area contributed by atoms with E-state index in [1.165, 1.54) is 12.1 Å². The standard InChI is InChI=1S/C15H20N2O5S2/c1-11(13-3-5-14(6-4-13)23(2,19)20)16-17-15(18)9-12-7-8-24(21,22)10-12/h3-6,12H,7-10H2,1-2H3,(H,17,18)/b16-11-/t12-/m1/s1. The summed E-state index contributed by atoms with van der Waals surface area (Å²) in [5.74, 6) is -0.292. The van der Waals surface area contributed by atoms with Crippen molar-refractivity contribution < 1.29 is 21.6 Å². The highest BCUT2D eigenvalue weighted by atomic mass is 32.2. The average molecular weight is 372 g/mol. The van der Waals surface area contributed by atoms with E-state index in [4.69, 9.17) is 0 Å². The van der Waals surface area contributed by atoms with Crippen LogP contribution >= 0.6 is 0 Å². The lowest BCUT2D eigenvalue weighted by molar-refractivity contribution is -0.121. The molecule has 1 atom stereocenters. The highest BCUT2D eigenvalue weighted by molar-refractivity contribution is 7.91. The predicted molar refractivity (Wildman–Crippen MR) is 91.3 cm³/mol. The summed E-state index contributed by atoms with van der Waals surface area (Å²) >= 11 is 0. The summed E-state index contributed by atoms with van der Waals surface area (Å²) in [4.78, 5) is 12.1. The molecule has 0 spiro atoms. The van der Waals surface area contributed by atoms with Crippen molar-refractivity contribution in [1.82, 2.24) is 5.43 Å². The van der Waals surface area contributed by atoms with Gasteiger partial charge in [0.1, 0.15) is 0 Å². The Labute approximate surface area is 142 Å². The van der Waals surface area contributed by atoms with Crippen molar-refractivity contribution in [2.24, 2.45) is 11.0 Å². The number of benzene rings is 1. The van der Waals surface area contributed by atoms with Gasteiger partial charge < -0.3 is 0 Å². The SMILES string of the molecule is C/C(=N/NC(=O)C[C@H]1CCS(=O)(=O)C1)c1ccc(S(C)(=O)=O)cc1. The fraction of sp³-hybridized carbons (Fsp3) is 0.467. The van der Waals surface area contributed by atoms with Gasteiger partial charge in [0.15, 0.2) is 19.7 Å². The number of hydrogen-bond donors (Lipinski definition) is 1. The quantitative estimate of drug-likeness (QED) is 0.606. The molecule has 1 aliphatic heterocycles. The maximum atomic E-state index is 11.8. The molecule has 0 unspecified atom stereocenters. The summed E-state index contributed by atoms with van der Waals surface area (Å²) in [6.07, 6.45) is 1.76. The molecule has 1 aromatic carbocycles. The number of hydrazone groups is 1. The minimum atomic E-state index is -3.25. The van der Waals surface area contributed by atoms with Gasteiger partial charge in [-0.3, -0.25) is 4.79 Å². The van der Waals surface area contributed by atoms with Crippen molar-refractivity contribution in [1.29, 1.82) is 0 Å². The van der Waals surface area contributed by atoms with Gasteiger partial charge in [-0.05, 0) is 37.0 Å². The first-order valence-corrected chi connectivity index (χ1v) is 11.1. The Kier molecular flexibility index (Phi) is 5.44. The Morgan fingerprint density at radius 1 is 1.29 bits per heavy atom. The van der Waals surface area contributed by atoms with Crippen LogP contribution in [0.2, 0.25) is 0 Å². The summed E-state index contributed by atoms with van der Waals surface area (Å²) in [5.41, 5.74) is 3.63. The first-order chi connectivity index (χ1) is 11.1. The van der Waals surface area contributed by atoms with Gasteiger partial charge in [0.05, 0.1) is 22.1 Å². The van der Waals surface area contributed by atoms with Crippen molar-refractivity contribution in [3.05, 3.63) is 29.8 Å². The second-order valence-electron chi connectivity index (χ2n) is 6.00. The Balaban J connectivity index is 1.95. The van der Waals surface area contributed by atoms with E-state index in [-0.39, 0.29) is 34.6 Å². The number of sulfone groups is 2. The smallest absolute Gasteiger partial charge is 0.240 e. The van der Waals surface area contributed by atoms with Crippen LogP contribution in [0, 0.1) is 5.92 Å². The molecule has 1 saturated heterocycles. The van der Waals surface area contributed by atoms with Crippen LogP contribution in [0.4, 0.5) is 0 Å². The molecule has 132 valence electrons. The maximum Gasteiger partial charge on any atom is 0.240 e. The van der Waals surface area contributed by atoms with Gasteiger partial charge in [-0.25, -0.2) is 22.3 Å². The molecule has 1 N–H and O–H groups in total. The number of hydrogen-bond acceptors (Lipinski definition) is 6. The minimum Gasteiger partial charge on any atom is -0.273 e. The van der Waals surface area contributed by atoms with E-state index < -0.39 is 19.7 Å². The van der Waals surface area contributed by atoms with Crippen LogP contribution in [0.3, 0.4) is 0 Å². The van der Waals surface area contributed by atoms with Crippen LogP contribution in [-0.2, 0) is 24.5 Å². The molecule has 1 fully saturated rings. The van der Waals surface area contributed by atoms with Gasteiger partial charge in [0.25, 0.3) is 0 Å². The molecule has 0 aromatic heterocycles. The lowest BCUT2D eigenvalue weighted by Gasteiger charge is -2.07. The van der Waals surface area contributed by atoms with Crippen molar-refractivity contribution in [2.75, 3.05) is 17.8 Å². The minimum absolute atomic E-state index is 0.0517. The Morgan fingerprint density at radius 2 is 1.92 bits per heavy atom. The predicted octanol–water partition coefficient (Wildman–Crippen LogP) is 0.755. The molecule has 24 heavy (non-hydrogen) atoms. The Morgan fingerprint density at radius 3 is 2.42 bits per heavy atom. The largest absolute Gasteiger partial charge is 0.273 e. The zero-order chi connectivity index (χ0) is 18.0. The molecule has 0 radical (unpaired) electrons. The molecule has 1 amide bonds. The van der Waals surface area contributed by atoms with Crippen molar-refractivity contribution in [3.8, 4) is 0 Å². The van der Waals surface area contributed by atoms with Gasteiger partial charge in [-0.15, -0.1) is 0 Å². The topological polar surface area (TPSA) is 110 Å². The fourth-order valence-corrected chi connectivity index (χ4v) is 4.99. The third-order valence-corrected chi connectivity index (χ3v) is 6.81. The monoisotopic (exact) mass is 372 g/mol. The van der Waals surface area contributed by atoms with E-state index in [2.05, 4.69) is 10.5 Å². The molecule has 9 heteroatoms. The molecule has 1 heterocycles. The van der Waals surface area contributed by atoms with Crippen molar-refractivity contribution in [2.45, 2.75) is 24.7 Å². The third kappa shape index (κ3) is 5.13. The van der Waals surface area contributed by atoms with E-state index in [0.717, 1.165) is 6.26 Å². The van der Waals surface area contributed by atoms with Gasteiger partial charge in [0.2, 0.25) is 5.91 Å². The summed E-state index contributed by atoms with van der Waals surface area (Å²) in [6, 6.07) is 6.19. The molecule has 7 nitrogen and oxygen atoms in total. The molecule has 0 saturated carbocycles. The summed E-state index contributed by atoms with van der Waals surface area (Å²) in [6.45, 7) is 1.69. The van der Waals surface area contributed by atoms with E-state index in [0.29, 0.717) is 17.7 Å². The summed E-state index contributed by atoms with van der Waals surface area (Å²) < 4.78 is 45.6. The molecule has 0 aliphatic carbocycles. The van der Waals surface area contributed by atoms with Crippen LogP contribution in [0.15, 0.2) is 34.3 Å². The Bertz CT molecular complexity index is 856. The molecule has 1 aliphatic rings. The number of rotatable bonds is 5. The van der Waals surface area contributed by atoms with Gasteiger partial charge in [-0.1, -0.05) is 12.1 Å². The normalized spacial score (nSPS) is 20.8. The van der Waals surface area contributed by atoms with E-state index in [9.17, 15) is 21.6 Å².